The van der Waals surface area contributed by atoms with E-state index in [2.05, 4.69) is 24.5 Å². The van der Waals surface area contributed by atoms with Crippen molar-refractivity contribution in [2.24, 2.45) is 11.5 Å². The number of carbonyl (C=O) groups is 4. The molecule has 0 fully saturated rings. The van der Waals surface area contributed by atoms with E-state index in [1.807, 2.05) is 0 Å². The van der Waals surface area contributed by atoms with Crippen molar-refractivity contribution in [3.8, 4) is 0 Å². The fourth-order valence-corrected chi connectivity index (χ4v) is 7.26. The molecule has 0 spiro atoms. The predicted molar refractivity (Wildman–Crippen MR) is 228 cm³/mol. The van der Waals surface area contributed by atoms with Gasteiger partial charge in [-0.2, -0.15) is 11.8 Å². The van der Waals surface area contributed by atoms with Crippen molar-refractivity contribution in [1.29, 1.82) is 0 Å². The van der Waals surface area contributed by atoms with Crippen LogP contribution in [0.15, 0.2) is 0 Å². The molecule has 0 aliphatic rings. The van der Waals surface area contributed by atoms with Crippen LogP contribution in [0.5, 0.6) is 0 Å². The SMILES string of the molecule is CCCCCCCCCCCCCC(=O)OCC(CSC[C@H](N)C(=O)N[C@@H](CO)C(=O)N[C@H]([C]=O)CCCCN)OC(=O)CCCCCCCCCCCCC. The molecule has 0 bridgehead atoms. The molecule has 7 N–H and O–H groups in total. The van der Waals surface area contributed by atoms with Crippen LogP contribution in [0, 0.1) is 0 Å². The van der Waals surface area contributed by atoms with Crippen molar-refractivity contribution in [1.82, 2.24) is 10.6 Å². The number of rotatable bonds is 41. The second kappa shape index (κ2) is 39.6. The maximum absolute atomic E-state index is 12.8. The van der Waals surface area contributed by atoms with E-state index in [-0.39, 0.29) is 36.5 Å². The first-order valence-electron chi connectivity index (χ1n) is 22.2. The quantitative estimate of drug-likeness (QED) is 0.0311. The summed E-state index contributed by atoms with van der Waals surface area (Å²) in [7, 11) is 0. The van der Waals surface area contributed by atoms with Crippen LogP contribution in [0.4, 0.5) is 0 Å². The maximum atomic E-state index is 12.8. The second-order valence-corrected chi connectivity index (χ2v) is 16.3. The number of nitrogens with one attached hydrogen (secondary N) is 2. The first-order chi connectivity index (χ1) is 27.2. The van der Waals surface area contributed by atoms with Crippen molar-refractivity contribution < 1.29 is 38.6 Å². The molecule has 0 saturated carbocycles. The number of carbonyl (C=O) groups excluding carboxylic acids is 5. The number of esters is 2. The summed E-state index contributed by atoms with van der Waals surface area (Å²) in [5.74, 6) is -1.68. The highest BCUT2D eigenvalue weighted by atomic mass is 32.2. The van der Waals surface area contributed by atoms with E-state index in [4.69, 9.17) is 20.9 Å². The van der Waals surface area contributed by atoms with Gasteiger partial charge in [-0.25, -0.2) is 0 Å². The highest BCUT2D eigenvalue weighted by molar-refractivity contribution is 7.99. The lowest BCUT2D eigenvalue weighted by Gasteiger charge is -2.21. The summed E-state index contributed by atoms with van der Waals surface area (Å²) in [6, 6.07) is -3.23. The zero-order valence-electron chi connectivity index (χ0n) is 35.3. The third-order valence-corrected chi connectivity index (χ3v) is 11.1. The molecule has 12 nitrogen and oxygen atoms in total. The zero-order chi connectivity index (χ0) is 41.5. The number of aliphatic hydroxyl groups excluding tert-OH is 1. The number of unbranched alkanes of at least 4 members (excludes halogenated alkanes) is 21. The summed E-state index contributed by atoms with van der Waals surface area (Å²) in [6.07, 6.45) is 29.3. The number of hydrogen-bond donors (Lipinski definition) is 5. The summed E-state index contributed by atoms with van der Waals surface area (Å²) in [5.41, 5.74) is 11.6. The van der Waals surface area contributed by atoms with Gasteiger partial charge in [0.05, 0.1) is 18.7 Å². The maximum Gasteiger partial charge on any atom is 0.306 e. The number of ether oxygens (including phenoxy) is 2. The Morgan fingerprint density at radius 2 is 1.12 bits per heavy atom. The van der Waals surface area contributed by atoms with Gasteiger partial charge < -0.3 is 36.7 Å². The Balaban J connectivity index is 4.81. The van der Waals surface area contributed by atoms with E-state index in [9.17, 15) is 29.1 Å². The summed E-state index contributed by atoms with van der Waals surface area (Å²) in [6.45, 7) is 4.15. The van der Waals surface area contributed by atoms with Crippen LogP contribution in [0.25, 0.3) is 0 Å². The minimum atomic E-state index is -1.30. The molecule has 0 aliphatic carbocycles. The smallest absolute Gasteiger partial charge is 0.306 e. The predicted octanol–water partition coefficient (Wildman–Crippen LogP) is 7.10. The molecule has 0 aromatic rings. The molecule has 0 aliphatic heterocycles. The fraction of sp³-hybridized carbons (Fsp3) is 0.884. The van der Waals surface area contributed by atoms with Crippen LogP contribution in [-0.2, 0) is 33.4 Å². The summed E-state index contributed by atoms with van der Waals surface area (Å²) >= 11 is 1.26. The van der Waals surface area contributed by atoms with Crippen LogP contribution in [0.2, 0.25) is 0 Å². The van der Waals surface area contributed by atoms with E-state index in [0.29, 0.717) is 32.2 Å². The van der Waals surface area contributed by atoms with Gasteiger partial charge in [0.15, 0.2) is 0 Å². The van der Waals surface area contributed by atoms with Gasteiger partial charge in [-0.1, -0.05) is 142 Å². The third-order valence-electron chi connectivity index (χ3n) is 9.86. The summed E-state index contributed by atoms with van der Waals surface area (Å²) in [5, 5.41) is 14.6. The lowest BCUT2D eigenvalue weighted by atomic mass is 10.1. The van der Waals surface area contributed by atoms with Gasteiger partial charge in [-0.15, -0.1) is 0 Å². The lowest BCUT2D eigenvalue weighted by molar-refractivity contribution is -0.157. The molecule has 327 valence electrons. The van der Waals surface area contributed by atoms with Crippen molar-refractivity contribution in [3.05, 3.63) is 0 Å². The zero-order valence-corrected chi connectivity index (χ0v) is 36.1. The molecule has 13 heteroatoms. The van der Waals surface area contributed by atoms with Gasteiger partial charge in [0.1, 0.15) is 18.8 Å². The molecule has 2 amide bonds. The van der Waals surface area contributed by atoms with Gasteiger partial charge in [0.25, 0.3) is 0 Å². The van der Waals surface area contributed by atoms with Crippen LogP contribution in [0.1, 0.15) is 187 Å². The highest BCUT2D eigenvalue weighted by Crippen LogP contribution is 2.15. The van der Waals surface area contributed by atoms with Crippen molar-refractivity contribution in [3.63, 3.8) is 0 Å². The molecule has 1 unspecified atom stereocenters. The number of aliphatic hydroxyl groups is 1. The molecular formula is C43H81N4O8S. The van der Waals surface area contributed by atoms with E-state index in [1.165, 1.54) is 114 Å². The Bertz CT molecular complexity index is 992. The minimum Gasteiger partial charge on any atom is -0.462 e. The molecule has 0 aromatic carbocycles. The van der Waals surface area contributed by atoms with Gasteiger partial charge in [0.2, 0.25) is 18.1 Å². The van der Waals surface area contributed by atoms with E-state index in [1.54, 1.807) is 6.29 Å². The first kappa shape index (κ1) is 53.8. The van der Waals surface area contributed by atoms with Crippen LogP contribution < -0.4 is 22.1 Å². The molecule has 56 heavy (non-hydrogen) atoms. The van der Waals surface area contributed by atoms with E-state index >= 15 is 0 Å². The standard InChI is InChI=1S/C43H81N4O8S/c1-3-5-7-9-11-13-15-17-19-21-23-28-40(50)54-33-37(55-41(51)29-24-22-20-18-16-14-12-10-8-6-4-2)34-56-35-38(45)42(52)47-39(32-49)43(53)46-36(31-48)27-25-26-30-44/h36-39,49H,3-30,32-35,44-45H2,1-2H3,(H,46,53)(H,47,52)/t36-,37?,38-,39-/m0/s1. The Morgan fingerprint density at radius 1 is 0.643 bits per heavy atom. The minimum absolute atomic E-state index is 0.0811. The topological polar surface area (TPSA) is 200 Å². The summed E-state index contributed by atoms with van der Waals surface area (Å²) in [4.78, 5) is 62.0. The largest absolute Gasteiger partial charge is 0.462 e. The summed E-state index contributed by atoms with van der Waals surface area (Å²) < 4.78 is 11.3. The Morgan fingerprint density at radius 3 is 1.59 bits per heavy atom. The lowest BCUT2D eigenvalue weighted by Crippen LogP contribution is -2.55. The average molecular weight is 814 g/mol. The molecule has 0 aromatic heterocycles. The molecule has 0 rings (SSSR count). The van der Waals surface area contributed by atoms with Gasteiger partial charge in [0, 0.05) is 24.3 Å². The molecular weight excluding hydrogens is 733 g/mol. The number of amides is 2. The molecule has 0 saturated heterocycles. The Labute approximate surface area is 344 Å². The van der Waals surface area contributed by atoms with Crippen LogP contribution >= 0.6 is 11.8 Å². The first-order valence-corrected chi connectivity index (χ1v) is 23.3. The third kappa shape index (κ3) is 32.8. The molecule has 4 atom stereocenters. The van der Waals surface area contributed by atoms with Crippen LogP contribution in [-0.4, -0.2) is 90.6 Å². The second-order valence-electron chi connectivity index (χ2n) is 15.2. The van der Waals surface area contributed by atoms with Crippen molar-refractivity contribution in [2.45, 2.75) is 211 Å². The van der Waals surface area contributed by atoms with Gasteiger partial charge >= 0.3 is 11.9 Å². The van der Waals surface area contributed by atoms with E-state index < -0.39 is 42.7 Å². The Kier molecular flexibility index (Phi) is 38.0. The van der Waals surface area contributed by atoms with Gasteiger partial charge in [-0.05, 0) is 38.6 Å². The number of hydrogen-bond acceptors (Lipinski definition) is 11. The van der Waals surface area contributed by atoms with E-state index in [0.717, 1.165) is 38.5 Å². The Hall–Kier alpha value is -2.22. The normalized spacial score (nSPS) is 13.4. The average Bonchev–Trinajstić information content (AvgIpc) is 3.19. The number of nitrogens with two attached hydrogens (primary N) is 2. The van der Waals surface area contributed by atoms with Crippen molar-refractivity contribution >= 4 is 41.8 Å². The fourth-order valence-electron chi connectivity index (χ4n) is 6.29. The van der Waals surface area contributed by atoms with Gasteiger partial charge in [-0.3, -0.25) is 24.0 Å². The van der Waals surface area contributed by atoms with Crippen LogP contribution in [0.3, 0.4) is 0 Å². The molecule has 0 heterocycles. The highest BCUT2D eigenvalue weighted by Gasteiger charge is 2.26. The monoisotopic (exact) mass is 814 g/mol. The van der Waals surface area contributed by atoms with Crippen molar-refractivity contribution in [2.75, 3.05) is 31.3 Å². The number of thioether (sulfide) groups is 1. The molecule has 1 radical (unpaired) electrons.